The molecule has 0 bridgehead atoms. The molecule has 0 fully saturated rings. The van der Waals surface area contributed by atoms with Crippen LogP contribution in [0.5, 0.6) is 0 Å². The largest absolute Gasteiger partial charge is 0.481 e. The van der Waals surface area contributed by atoms with Gasteiger partial charge in [-0.3, -0.25) is 4.79 Å². The van der Waals surface area contributed by atoms with Gasteiger partial charge in [-0.2, -0.15) is 0 Å². The van der Waals surface area contributed by atoms with Gasteiger partial charge in [0, 0.05) is 15.8 Å². The summed E-state index contributed by atoms with van der Waals surface area (Å²) < 4.78 is 1.04. The Morgan fingerprint density at radius 2 is 2.28 bits per heavy atom. The van der Waals surface area contributed by atoms with Gasteiger partial charge in [0.2, 0.25) is 0 Å². The highest BCUT2D eigenvalue weighted by molar-refractivity contribution is 9.10. The van der Waals surface area contributed by atoms with E-state index in [2.05, 4.69) is 20.9 Å². The third-order valence-electron chi connectivity index (χ3n) is 2.49. The van der Waals surface area contributed by atoms with Crippen LogP contribution in [-0.4, -0.2) is 16.1 Å². The highest BCUT2D eigenvalue weighted by atomic mass is 79.9. The minimum atomic E-state index is -0.809. The topological polar surface area (TPSA) is 50.2 Å². The van der Waals surface area contributed by atoms with Gasteiger partial charge in [-0.15, -0.1) is 11.3 Å². The van der Waals surface area contributed by atoms with E-state index in [0.717, 1.165) is 26.5 Å². The van der Waals surface area contributed by atoms with Gasteiger partial charge in [-0.1, -0.05) is 28.1 Å². The average molecular weight is 326 g/mol. The molecule has 3 nitrogen and oxygen atoms in total. The summed E-state index contributed by atoms with van der Waals surface area (Å²) >= 11 is 4.91. The zero-order valence-electron chi connectivity index (χ0n) is 9.81. The summed E-state index contributed by atoms with van der Waals surface area (Å²) in [5.74, 6) is -0.809. The van der Waals surface area contributed by atoms with Crippen molar-refractivity contribution in [3.05, 3.63) is 49.9 Å². The number of thiazole rings is 1. The van der Waals surface area contributed by atoms with Gasteiger partial charge >= 0.3 is 5.97 Å². The molecule has 0 amide bonds. The highest BCUT2D eigenvalue weighted by Crippen LogP contribution is 2.22. The average Bonchev–Trinajstić information content (AvgIpc) is 2.58. The highest BCUT2D eigenvalue weighted by Gasteiger charge is 2.11. The van der Waals surface area contributed by atoms with Gasteiger partial charge < -0.3 is 5.11 Å². The summed E-state index contributed by atoms with van der Waals surface area (Å²) in [6, 6.07) is 8.05. The maximum absolute atomic E-state index is 10.7. The van der Waals surface area contributed by atoms with Gasteiger partial charge in [-0.05, 0) is 24.6 Å². The molecule has 0 spiro atoms. The van der Waals surface area contributed by atoms with Crippen molar-refractivity contribution >= 4 is 33.2 Å². The number of hydrogen-bond acceptors (Lipinski definition) is 3. The van der Waals surface area contributed by atoms with Crippen LogP contribution in [0.15, 0.2) is 28.7 Å². The Bertz CT molecular complexity index is 580. The molecule has 5 heteroatoms. The fraction of sp³-hybridized carbons (Fsp3) is 0.231. The van der Waals surface area contributed by atoms with Crippen molar-refractivity contribution in [2.24, 2.45) is 0 Å². The monoisotopic (exact) mass is 325 g/mol. The third-order valence-corrected chi connectivity index (χ3v) is 4.14. The first-order valence-electron chi connectivity index (χ1n) is 5.46. The maximum atomic E-state index is 10.7. The van der Waals surface area contributed by atoms with Crippen LogP contribution in [0.3, 0.4) is 0 Å². The number of carboxylic acid groups (broad SMARTS) is 1. The molecule has 2 rings (SSSR count). The molecule has 0 saturated heterocycles. The number of aliphatic carboxylic acids is 1. The Labute approximate surface area is 118 Å². The molecule has 18 heavy (non-hydrogen) atoms. The zero-order chi connectivity index (χ0) is 13.1. The van der Waals surface area contributed by atoms with Crippen LogP contribution in [0.4, 0.5) is 0 Å². The molecular formula is C13H12BrNO2S. The third kappa shape index (κ3) is 3.40. The van der Waals surface area contributed by atoms with E-state index in [1.54, 1.807) is 0 Å². The summed E-state index contributed by atoms with van der Waals surface area (Å²) in [5.41, 5.74) is 1.99. The smallest absolute Gasteiger partial charge is 0.308 e. The predicted octanol–water partition coefficient (Wildman–Crippen LogP) is 3.43. The zero-order valence-corrected chi connectivity index (χ0v) is 12.2. The lowest BCUT2D eigenvalue weighted by Gasteiger charge is -1.98. The summed E-state index contributed by atoms with van der Waals surface area (Å²) in [5, 5.41) is 9.76. The molecule has 0 radical (unpaired) electrons. The van der Waals surface area contributed by atoms with Crippen molar-refractivity contribution in [3.63, 3.8) is 0 Å². The minimum Gasteiger partial charge on any atom is -0.481 e. The van der Waals surface area contributed by atoms with Crippen LogP contribution >= 0.6 is 27.3 Å². The SMILES string of the molecule is Cc1nc(Cc2cccc(Br)c2)sc1CC(=O)O. The van der Waals surface area contributed by atoms with Gasteiger partial charge in [0.25, 0.3) is 0 Å². The molecule has 0 saturated carbocycles. The van der Waals surface area contributed by atoms with E-state index in [1.165, 1.54) is 16.9 Å². The number of nitrogens with zero attached hydrogens (tertiary/aromatic N) is 1. The van der Waals surface area contributed by atoms with Gasteiger partial charge in [0.15, 0.2) is 0 Å². The molecule has 1 aromatic carbocycles. The van der Waals surface area contributed by atoms with Crippen molar-refractivity contribution in [1.82, 2.24) is 4.98 Å². The fourth-order valence-corrected chi connectivity index (χ4v) is 3.23. The summed E-state index contributed by atoms with van der Waals surface area (Å²) in [7, 11) is 0. The Morgan fingerprint density at radius 3 is 2.94 bits per heavy atom. The molecule has 0 unspecified atom stereocenters. The second-order valence-corrected chi connectivity index (χ2v) is 6.08. The number of aryl methyl sites for hydroxylation is 1. The lowest BCUT2D eigenvalue weighted by molar-refractivity contribution is -0.136. The van der Waals surface area contributed by atoms with Crippen LogP contribution in [0, 0.1) is 6.92 Å². The predicted molar refractivity (Wildman–Crippen MR) is 75.1 cm³/mol. The first-order valence-corrected chi connectivity index (χ1v) is 7.07. The van der Waals surface area contributed by atoms with Crippen LogP contribution in [0.2, 0.25) is 0 Å². The maximum Gasteiger partial charge on any atom is 0.308 e. The fourth-order valence-electron chi connectivity index (χ4n) is 1.69. The van der Waals surface area contributed by atoms with Gasteiger partial charge in [0.1, 0.15) is 0 Å². The van der Waals surface area contributed by atoms with Crippen LogP contribution in [-0.2, 0) is 17.6 Å². The summed E-state index contributed by atoms with van der Waals surface area (Å²) in [4.78, 5) is 16.0. The van der Waals surface area contributed by atoms with Crippen molar-refractivity contribution in [1.29, 1.82) is 0 Å². The van der Waals surface area contributed by atoms with Gasteiger partial charge in [-0.25, -0.2) is 4.98 Å². The van der Waals surface area contributed by atoms with Crippen molar-refractivity contribution in [2.75, 3.05) is 0 Å². The molecule has 0 aliphatic rings. The Morgan fingerprint density at radius 1 is 1.50 bits per heavy atom. The van der Waals surface area contributed by atoms with E-state index in [9.17, 15) is 4.79 Å². The number of aromatic nitrogens is 1. The molecule has 0 atom stereocenters. The van der Waals surface area contributed by atoms with E-state index in [4.69, 9.17) is 5.11 Å². The standard InChI is InChI=1S/C13H12BrNO2S/c1-8-11(7-13(16)17)18-12(15-8)6-9-3-2-4-10(14)5-9/h2-5H,6-7H2,1H3,(H,16,17). The van der Waals surface area contributed by atoms with Crippen LogP contribution in [0.25, 0.3) is 0 Å². The normalized spacial score (nSPS) is 10.6. The number of rotatable bonds is 4. The van der Waals surface area contributed by atoms with Crippen LogP contribution in [0.1, 0.15) is 21.1 Å². The summed E-state index contributed by atoms with van der Waals surface area (Å²) in [6.45, 7) is 1.86. The van der Waals surface area contributed by atoms with E-state index >= 15 is 0 Å². The van der Waals surface area contributed by atoms with E-state index < -0.39 is 5.97 Å². The number of carbonyl (C=O) groups is 1. The molecule has 1 aromatic heterocycles. The van der Waals surface area contributed by atoms with Crippen molar-refractivity contribution in [3.8, 4) is 0 Å². The number of halogens is 1. The van der Waals surface area contributed by atoms with E-state index in [-0.39, 0.29) is 6.42 Å². The molecule has 1 heterocycles. The molecule has 1 N–H and O–H groups in total. The lowest BCUT2D eigenvalue weighted by Crippen LogP contribution is -1.99. The molecule has 2 aromatic rings. The van der Waals surface area contributed by atoms with Crippen LogP contribution < -0.4 is 0 Å². The first kappa shape index (κ1) is 13.2. The van der Waals surface area contributed by atoms with Crippen molar-refractivity contribution in [2.45, 2.75) is 19.8 Å². The molecule has 94 valence electrons. The van der Waals surface area contributed by atoms with E-state index in [1.807, 2.05) is 31.2 Å². The quantitative estimate of drug-likeness (QED) is 0.936. The summed E-state index contributed by atoms with van der Waals surface area (Å²) in [6.07, 6.45) is 0.798. The lowest BCUT2D eigenvalue weighted by atomic mass is 10.2. The molecule has 0 aliphatic carbocycles. The molecule has 0 aliphatic heterocycles. The van der Waals surface area contributed by atoms with Crippen molar-refractivity contribution < 1.29 is 9.90 Å². The second kappa shape index (κ2) is 5.63. The molecular weight excluding hydrogens is 314 g/mol. The first-order chi connectivity index (χ1) is 8.54. The van der Waals surface area contributed by atoms with E-state index in [0.29, 0.717) is 0 Å². The number of carboxylic acids is 1. The Hall–Kier alpha value is -1.20. The Kier molecular flexibility index (Phi) is 4.14. The minimum absolute atomic E-state index is 0.0575. The number of hydrogen-bond donors (Lipinski definition) is 1. The Balaban J connectivity index is 2.17. The second-order valence-electron chi connectivity index (χ2n) is 3.99. The number of benzene rings is 1. The van der Waals surface area contributed by atoms with Gasteiger partial charge in [0.05, 0.1) is 17.1 Å².